The molecule has 0 aromatic carbocycles. The summed E-state index contributed by atoms with van der Waals surface area (Å²) < 4.78 is 0. The maximum Gasteiger partial charge on any atom is 0.158 e. The van der Waals surface area contributed by atoms with Gasteiger partial charge in [0.1, 0.15) is 0 Å². The number of rotatable bonds is 3. The molecule has 0 amide bonds. The Morgan fingerprint density at radius 2 is 1.67 bits per heavy atom. The second-order valence-electron chi connectivity index (χ2n) is 8.51. The minimum absolute atomic E-state index is 0.309. The van der Waals surface area contributed by atoms with Crippen LogP contribution in [0.5, 0.6) is 0 Å². The van der Waals surface area contributed by atoms with Crippen LogP contribution in [0.15, 0.2) is 12.2 Å². The van der Waals surface area contributed by atoms with Crippen LogP contribution in [0.1, 0.15) is 65.7 Å². The molecule has 0 saturated heterocycles. The topological polar surface area (TPSA) is 17.1 Å². The third-order valence-corrected chi connectivity index (χ3v) is 5.75. The van der Waals surface area contributed by atoms with Crippen LogP contribution in [-0.2, 0) is 4.79 Å². The zero-order chi connectivity index (χ0) is 13.2. The first-order chi connectivity index (χ1) is 8.23. The van der Waals surface area contributed by atoms with Gasteiger partial charge in [0.2, 0.25) is 0 Å². The van der Waals surface area contributed by atoms with E-state index >= 15 is 0 Å². The predicted molar refractivity (Wildman–Crippen MR) is 74.3 cm³/mol. The maximum atomic E-state index is 12.1. The highest BCUT2D eigenvalue weighted by molar-refractivity contribution is 5.94. The summed E-state index contributed by atoms with van der Waals surface area (Å²) in [4.78, 5) is 12.1. The fourth-order valence-corrected chi connectivity index (χ4v) is 6.37. The summed E-state index contributed by atoms with van der Waals surface area (Å²) >= 11 is 0. The van der Waals surface area contributed by atoms with Crippen molar-refractivity contribution in [1.29, 1.82) is 0 Å². The Hall–Kier alpha value is -0.590. The Kier molecular flexibility index (Phi) is 2.41. The van der Waals surface area contributed by atoms with Crippen molar-refractivity contribution in [1.82, 2.24) is 0 Å². The second kappa shape index (κ2) is 3.49. The lowest BCUT2D eigenvalue weighted by Crippen LogP contribution is -2.55. The van der Waals surface area contributed by atoms with E-state index in [1.165, 1.54) is 38.5 Å². The van der Waals surface area contributed by atoms with Gasteiger partial charge in [-0.05, 0) is 73.2 Å². The molecule has 4 saturated carbocycles. The van der Waals surface area contributed by atoms with Crippen molar-refractivity contribution in [3.63, 3.8) is 0 Å². The highest BCUT2D eigenvalue weighted by atomic mass is 16.1. The van der Waals surface area contributed by atoms with Crippen molar-refractivity contribution < 1.29 is 4.79 Å². The normalized spacial score (nSPS) is 49.4. The lowest BCUT2D eigenvalue weighted by molar-refractivity contribution is -0.153. The first-order valence-electron chi connectivity index (χ1n) is 7.42. The molecule has 2 atom stereocenters. The second-order valence-corrected chi connectivity index (χ2v) is 8.51. The van der Waals surface area contributed by atoms with Crippen LogP contribution in [0.25, 0.3) is 0 Å². The predicted octanol–water partition coefficient (Wildman–Crippen LogP) is 4.52. The molecule has 18 heavy (non-hydrogen) atoms. The Labute approximate surface area is 111 Å². The van der Waals surface area contributed by atoms with Gasteiger partial charge < -0.3 is 0 Å². The van der Waals surface area contributed by atoms with Crippen molar-refractivity contribution >= 4 is 5.78 Å². The van der Waals surface area contributed by atoms with Gasteiger partial charge in [0, 0.05) is 6.42 Å². The number of carbonyl (C=O) groups excluding carboxylic acids is 1. The Morgan fingerprint density at radius 3 is 2.11 bits per heavy atom. The lowest BCUT2D eigenvalue weighted by Gasteiger charge is -2.65. The smallest absolute Gasteiger partial charge is 0.158 e. The molecule has 0 heterocycles. The highest BCUT2D eigenvalue weighted by Crippen LogP contribution is 2.70. The molecule has 0 aliphatic heterocycles. The van der Waals surface area contributed by atoms with Gasteiger partial charge >= 0.3 is 0 Å². The highest BCUT2D eigenvalue weighted by Gasteiger charge is 2.60. The number of carbonyl (C=O) groups is 1. The van der Waals surface area contributed by atoms with Gasteiger partial charge in [0.25, 0.3) is 0 Å². The summed E-state index contributed by atoms with van der Waals surface area (Å²) in [5, 5.41) is 0. The SMILES string of the molecule is C=C(C)C(=O)CC12CC3CC(C)(CC(C)(C3)C1)C2. The van der Waals surface area contributed by atoms with Crippen LogP contribution < -0.4 is 0 Å². The molecule has 2 unspecified atom stereocenters. The van der Waals surface area contributed by atoms with E-state index in [0.717, 1.165) is 17.9 Å². The monoisotopic (exact) mass is 246 g/mol. The average molecular weight is 246 g/mol. The number of hydrogen-bond donors (Lipinski definition) is 0. The first-order valence-corrected chi connectivity index (χ1v) is 7.42. The molecule has 0 radical (unpaired) electrons. The van der Waals surface area contributed by atoms with E-state index in [2.05, 4.69) is 20.4 Å². The summed E-state index contributed by atoms with van der Waals surface area (Å²) in [6, 6.07) is 0. The van der Waals surface area contributed by atoms with Crippen molar-refractivity contribution in [3.8, 4) is 0 Å². The minimum Gasteiger partial charge on any atom is -0.295 e. The molecular formula is C17H26O. The summed E-state index contributed by atoms with van der Waals surface area (Å²) in [7, 11) is 0. The largest absolute Gasteiger partial charge is 0.295 e. The molecule has 4 rings (SSSR count). The molecule has 0 aromatic heterocycles. The van der Waals surface area contributed by atoms with Crippen LogP contribution in [0.3, 0.4) is 0 Å². The summed E-state index contributed by atoms with van der Waals surface area (Å²) in [5.74, 6) is 1.19. The Balaban J connectivity index is 1.89. The fourth-order valence-electron chi connectivity index (χ4n) is 6.37. The molecule has 0 aromatic rings. The molecule has 0 N–H and O–H groups in total. The number of Topliss-reactive ketones (excluding diaryl/α,β-unsaturated/α-hetero) is 1. The molecule has 4 fully saturated rings. The van der Waals surface area contributed by atoms with Crippen molar-refractivity contribution in [2.75, 3.05) is 0 Å². The van der Waals surface area contributed by atoms with E-state index in [1.54, 1.807) is 0 Å². The zero-order valence-corrected chi connectivity index (χ0v) is 12.1. The molecular weight excluding hydrogens is 220 g/mol. The van der Waals surface area contributed by atoms with E-state index in [1.807, 2.05) is 6.92 Å². The summed E-state index contributed by atoms with van der Waals surface area (Å²) in [6.45, 7) is 10.6. The van der Waals surface area contributed by atoms with Crippen LogP contribution in [0.2, 0.25) is 0 Å². The number of ketones is 1. The zero-order valence-electron chi connectivity index (χ0n) is 12.1. The van der Waals surface area contributed by atoms with Gasteiger partial charge in [-0.3, -0.25) is 4.79 Å². The quantitative estimate of drug-likeness (QED) is 0.669. The van der Waals surface area contributed by atoms with Gasteiger partial charge in [0.15, 0.2) is 5.78 Å². The summed E-state index contributed by atoms with van der Waals surface area (Å²) in [5.41, 5.74) is 2.10. The van der Waals surface area contributed by atoms with Gasteiger partial charge in [-0.25, -0.2) is 0 Å². The van der Waals surface area contributed by atoms with Crippen molar-refractivity contribution in [3.05, 3.63) is 12.2 Å². The van der Waals surface area contributed by atoms with E-state index < -0.39 is 0 Å². The fraction of sp³-hybridized carbons (Fsp3) is 0.824. The van der Waals surface area contributed by atoms with Gasteiger partial charge in [0.05, 0.1) is 0 Å². The van der Waals surface area contributed by atoms with Gasteiger partial charge in [-0.1, -0.05) is 20.4 Å². The van der Waals surface area contributed by atoms with Crippen LogP contribution >= 0.6 is 0 Å². The lowest BCUT2D eigenvalue weighted by atomic mass is 9.39. The average Bonchev–Trinajstić information content (AvgIpc) is 2.09. The molecule has 4 aliphatic rings. The van der Waals surface area contributed by atoms with E-state index in [4.69, 9.17) is 0 Å². The third-order valence-electron chi connectivity index (χ3n) is 5.75. The molecule has 4 bridgehead atoms. The van der Waals surface area contributed by atoms with E-state index in [0.29, 0.717) is 22.0 Å². The van der Waals surface area contributed by atoms with Gasteiger partial charge in [-0.2, -0.15) is 0 Å². The van der Waals surface area contributed by atoms with Crippen molar-refractivity contribution in [2.24, 2.45) is 22.2 Å². The minimum atomic E-state index is 0.309. The first kappa shape index (κ1) is 12.4. The van der Waals surface area contributed by atoms with Crippen LogP contribution in [0.4, 0.5) is 0 Å². The standard InChI is InChI=1S/C17H26O/c1-12(2)14(18)8-17-7-13-5-15(3,10-17)9-16(4,6-13)11-17/h13H,1,5-11H2,2-4H3. The molecule has 1 nitrogen and oxygen atoms in total. The van der Waals surface area contributed by atoms with E-state index in [9.17, 15) is 4.79 Å². The van der Waals surface area contributed by atoms with E-state index in [-0.39, 0.29) is 0 Å². The number of hydrogen-bond acceptors (Lipinski definition) is 1. The maximum absolute atomic E-state index is 12.1. The third kappa shape index (κ3) is 1.87. The molecule has 4 aliphatic carbocycles. The van der Waals surface area contributed by atoms with Crippen LogP contribution in [0, 0.1) is 22.2 Å². The molecule has 1 heteroatoms. The Bertz CT molecular complexity index is 401. The van der Waals surface area contributed by atoms with Crippen molar-refractivity contribution in [2.45, 2.75) is 65.7 Å². The Morgan fingerprint density at radius 1 is 1.11 bits per heavy atom. The summed E-state index contributed by atoms with van der Waals surface area (Å²) in [6.07, 6.45) is 8.84. The van der Waals surface area contributed by atoms with Gasteiger partial charge in [-0.15, -0.1) is 0 Å². The number of allylic oxidation sites excluding steroid dienone is 1. The van der Waals surface area contributed by atoms with Crippen LogP contribution in [-0.4, -0.2) is 5.78 Å². The molecule has 100 valence electrons. The molecule has 0 spiro atoms.